The largest absolute Gasteiger partial charge is 0.389 e. The van der Waals surface area contributed by atoms with Crippen LogP contribution >= 0.6 is 15.9 Å². The molecule has 2 aromatic rings. The number of aliphatic hydroxyl groups excluding tert-OH is 1. The molecule has 2 rings (SSSR count). The zero-order valence-corrected chi connectivity index (χ0v) is 13.1. The minimum atomic E-state index is -0.484. The molecule has 1 N–H and O–H groups in total. The van der Waals surface area contributed by atoms with Gasteiger partial charge >= 0.3 is 0 Å². The van der Waals surface area contributed by atoms with Crippen LogP contribution < -0.4 is 4.90 Å². The number of benzene rings is 2. The number of hydrogen-bond acceptors (Lipinski definition) is 2. The Morgan fingerprint density at radius 3 is 2.40 bits per heavy atom. The van der Waals surface area contributed by atoms with Crippen LogP contribution in [-0.2, 0) is 6.54 Å². The lowest BCUT2D eigenvalue weighted by Crippen LogP contribution is -2.17. The molecule has 1 atom stereocenters. The minimum Gasteiger partial charge on any atom is -0.389 e. The second-order valence-corrected chi connectivity index (χ2v) is 5.72. The van der Waals surface area contributed by atoms with Gasteiger partial charge in [-0.15, -0.1) is 0 Å². The lowest BCUT2D eigenvalue weighted by molar-refractivity contribution is 0.199. The fourth-order valence-corrected chi connectivity index (χ4v) is 2.74. The molecule has 0 fully saturated rings. The van der Waals surface area contributed by atoms with E-state index in [-0.39, 0.29) is 5.82 Å². The Morgan fingerprint density at radius 2 is 1.85 bits per heavy atom. The van der Waals surface area contributed by atoms with Gasteiger partial charge in [-0.25, -0.2) is 4.39 Å². The Bertz CT molecular complexity index is 584. The molecule has 0 aliphatic heterocycles. The number of halogens is 2. The van der Waals surface area contributed by atoms with Gasteiger partial charge in [0.25, 0.3) is 0 Å². The highest BCUT2D eigenvalue weighted by Crippen LogP contribution is 2.29. The fourth-order valence-electron chi connectivity index (χ4n) is 2.04. The number of hydrogen-bond donors (Lipinski definition) is 1. The van der Waals surface area contributed by atoms with Crippen LogP contribution in [0.4, 0.5) is 10.1 Å². The highest BCUT2D eigenvalue weighted by atomic mass is 79.9. The van der Waals surface area contributed by atoms with Crippen molar-refractivity contribution in [1.82, 2.24) is 0 Å². The summed E-state index contributed by atoms with van der Waals surface area (Å²) in [5.74, 6) is -0.223. The molecule has 0 heterocycles. The topological polar surface area (TPSA) is 23.5 Å². The number of anilines is 1. The Hall–Kier alpha value is -1.39. The maximum Gasteiger partial charge on any atom is 0.123 e. The van der Waals surface area contributed by atoms with Gasteiger partial charge in [0.05, 0.1) is 11.8 Å². The van der Waals surface area contributed by atoms with Gasteiger partial charge < -0.3 is 10.0 Å². The van der Waals surface area contributed by atoms with E-state index in [1.54, 1.807) is 19.1 Å². The third kappa shape index (κ3) is 3.58. The first-order valence-electron chi connectivity index (χ1n) is 6.40. The van der Waals surface area contributed by atoms with E-state index in [2.05, 4.69) is 20.8 Å². The predicted octanol–water partition coefficient (Wildman–Crippen LogP) is 4.28. The van der Waals surface area contributed by atoms with Crippen LogP contribution in [0.2, 0.25) is 0 Å². The van der Waals surface area contributed by atoms with Crippen LogP contribution in [0.3, 0.4) is 0 Å². The number of nitrogens with zero attached hydrogens (tertiary/aromatic N) is 1. The van der Waals surface area contributed by atoms with Gasteiger partial charge in [0.2, 0.25) is 0 Å². The fraction of sp³-hybridized carbons (Fsp3) is 0.250. The Balaban J connectivity index is 2.16. The average molecular weight is 338 g/mol. The van der Waals surface area contributed by atoms with Gasteiger partial charge in [-0.2, -0.15) is 0 Å². The molecule has 0 aliphatic rings. The lowest BCUT2D eigenvalue weighted by atomic mass is 10.1. The van der Waals surface area contributed by atoms with E-state index in [0.717, 1.165) is 21.3 Å². The summed E-state index contributed by atoms with van der Waals surface area (Å²) in [5, 5.41) is 9.57. The summed E-state index contributed by atoms with van der Waals surface area (Å²) >= 11 is 3.53. The smallest absolute Gasteiger partial charge is 0.123 e. The molecule has 0 unspecified atom stereocenters. The van der Waals surface area contributed by atoms with Crippen molar-refractivity contribution in [2.75, 3.05) is 11.9 Å². The predicted molar refractivity (Wildman–Crippen MR) is 83.3 cm³/mol. The van der Waals surface area contributed by atoms with Crippen LogP contribution in [0, 0.1) is 5.82 Å². The molecule has 0 spiro atoms. The Morgan fingerprint density at radius 1 is 1.20 bits per heavy atom. The van der Waals surface area contributed by atoms with Crippen molar-refractivity contribution in [2.45, 2.75) is 19.6 Å². The molecule has 0 saturated carbocycles. The van der Waals surface area contributed by atoms with Crippen molar-refractivity contribution in [1.29, 1.82) is 0 Å². The lowest BCUT2D eigenvalue weighted by Gasteiger charge is -2.21. The van der Waals surface area contributed by atoms with E-state index in [0.29, 0.717) is 6.54 Å². The molecule has 4 heteroatoms. The molecule has 2 nitrogen and oxygen atoms in total. The first-order valence-corrected chi connectivity index (χ1v) is 7.20. The second kappa shape index (κ2) is 6.37. The Labute approximate surface area is 127 Å². The summed E-state index contributed by atoms with van der Waals surface area (Å²) in [6.07, 6.45) is -0.484. The number of aliphatic hydroxyl groups is 1. The zero-order valence-electron chi connectivity index (χ0n) is 11.5. The minimum absolute atomic E-state index is 0.223. The summed E-state index contributed by atoms with van der Waals surface area (Å²) in [6, 6.07) is 12.3. The zero-order chi connectivity index (χ0) is 14.7. The van der Waals surface area contributed by atoms with Crippen LogP contribution in [0.25, 0.3) is 0 Å². The van der Waals surface area contributed by atoms with Gasteiger partial charge in [0, 0.05) is 18.1 Å². The van der Waals surface area contributed by atoms with Crippen molar-refractivity contribution in [3.05, 3.63) is 63.9 Å². The summed E-state index contributed by atoms with van der Waals surface area (Å²) < 4.78 is 13.8. The van der Waals surface area contributed by atoms with E-state index >= 15 is 0 Å². The van der Waals surface area contributed by atoms with Gasteiger partial charge in [-0.05, 0) is 58.2 Å². The number of rotatable bonds is 4. The second-order valence-electron chi connectivity index (χ2n) is 4.87. The van der Waals surface area contributed by atoms with Crippen LogP contribution in [0.15, 0.2) is 46.9 Å². The first kappa shape index (κ1) is 15.0. The average Bonchev–Trinajstić information content (AvgIpc) is 2.41. The first-order chi connectivity index (χ1) is 9.47. The SMILES string of the molecule is C[C@@H](O)c1ccc(N(C)Cc2ccc(F)cc2)c(Br)c1. The van der Waals surface area contributed by atoms with Crippen molar-refractivity contribution >= 4 is 21.6 Å². The van der Waals surface area contributed by atoms with E-state index < -0.39 is 6.10 Å². The molecule has 0 saturated heterocycles. The summed E-state index contributed by atoms with van der Waals surface area (Å²) in [4.78, 5) is 2.07. The quantitative estimate of drug-likeness (QED) is 0.900. The third-order valence-electron chi connectivity index (χ3n) is 3.20. The van der Waals surface area contributed by atoms with Crippen molar-refractivity contribution < 1.29 is 9.50 Å². The van der Waals surface area contributed by atoms with Crippen molar-refractivity contribution in [3.63, 3.8) is 0 Å². The third-order valence-corrected chi connectivity index (χ3v) is 3.83. The van der Waals surface area contributed by atoms with E-state index in [1.165, 1.54) is 12.1 Å². The molecule has 0 amide bonds. The van der Waals surface area contributed by atoms with E-state index in [1.807, 2.05) is 25.2 Å². The molecule has 0 bridgehead atoms. The molecule has 0 radical (unpaired) electrons. The summed E-state index contributed by atoms with van der Waals surface area (Å²) in [5.41, 5.74) is 2.94. The molecular formula is C16H17BrFNO. The van der Waals surface area contributed by atoms with Crippen molar-refractivity contribution in [2.24, 2.45) is 0 Å². The maximum absolute atomic E-state index is 12.9. The van der Waals surface area contributed by atoms with Gasteiger partial charge in [0.15, 0.2) is 0 Å². The van der Waals surface area contributed by atoms with Gasteiger partial charge in [-0.1, -0.05) is 18.2 Å². The van der Waals surface area contributed by atoms with E-state index in [9.17, 15) is 9.50 Å². The molecule has 0 aromatic heterocycles. The van der Waals surface area contributed by atoms with Gasteiger partial charge in [0.1, 0.15) is 5.82 Å². The summed E-state index contributed by atoms with van der Waals surface area (Å²) in [7, 11) is 1.98. The normalized spacial score (nSPS) is 12.2. The molecular weight excluding hydrogens is 321 g/mol. The summed E-state index contributed by atoms with van der Waals surface area (Å²) in [6.45, 7) is 2.43. The monoisotopic (exact) mass is 337 g/mol. The standard InChI is InChI=1S/C16H17BrFNO/c1-11(20)13-5-8-16(15(17)9-13)19(2)10-12-3-6-14(18)7-4-12/h3-9,11,20H,10H2,1-2H3/t11-/m1/s1. The van der Waals surface area contributed by atoms with Crippen LogP contribution in [0.1, 0.15) is 24.2 Å². The van der Waals surface area contributed by atoms with Gasteiger partial charge in [-0.3, -0.25) is 0 Å². The highest BCUT2D eigenvalue weighted by Gasteiger charge is 2.09. The van der Waals surface area contributed by atoms with Crippen LogP contribution in [0.5, 0.6) is 0 Å². The molecule has 0 aliphatic carbocycles. The Kier molecular flexibility index (Phi) is 4.78. The maximum atomic E-state index is 12.9. The van der Waals surface area contributed by atoms with E-state index in [4.69, 9.17) is 0 Å². The van der Waals surface area contributed by atoms with Crippen molar-refractivity contribution in [3.8, 4) is 0 Å². The molecule has 106 valence electrons. The highest BCUT2D eigenvalue weighted by molar-refractivity contribution is 9.10. The van der Waals surface area contributed by atoms with Crippen LogP contribution in [-0.4, -0.2) is 12.2 Å². The molecule has 2 aromatic carbocycles. The molecule has 20 heavy (non-hydrogen) atoms.